The molecule has 3 nitrogen and oxygen atoms in total. The van der Waals surface area contributed by atoms with E-state index in [0.717, 1.165) is 5.56 Å². The smallest absolute Gasteiger partial charge is 0.248 e. The fraction of sp³-hybridized carbons (Fsp3) is 0.222. The quantitative estimate of drug-likeness (QED) is 0.753. The highest BCUT2D eigenvalue weighted by Crippen LogP contribution is 2.21. The number of amides is 1. The number of benzene rings is 1. The first-order valence-corrected chi connectivity index (χ1v) is 4.15. The Kier molecular flexibility index (Phi) is 3.28. The first kappa shape index (κ1) is 10.0. The van der Waals surface area contributed by atoms with Gasteiger partial charge in [-0.25, -0.2) is 0 Å². The standard InChI is InChI=1S/C9H10ClNO2/c1-13-8(10)6-3-2-4-7(5-6)9(11)12/h2-5,8H,1H3,(H2,11,12). The van der Waals surface area contributed by atoms with Crippen LogP contribution in [0, 0.1) is 0 Å². The van der Waals surface area contributed by atoms with Gasteiger partial charge < -0.3 is 10.5 Å². The summed E-state index contributed by atoms with van der Waals surface area (Å²) in [5, 5.41) is 0. The number of hydrogen-bond donors (Lipinski definition) is 1. The largest absolute Gasteiger partial charge is 0.366 e. The summed E-state index contributed by atoms with van der Waals surface area (Å²) in [7, 11) is 1.49. The maximum absolute atomic E-state index is 10.8. The number of alkyl halides is 1. The van der Waals surface area contributed by atoms with Crippen LogP contribution in [0.1, 0.15) is 21.5 Å². The van der Waals surface area contributed by atoms with E-state index < -0.39 is 11.5 Å². The average Bonchev–Trinajstić information content (AvgIpc) is 2.17. The summed E-state index contributed by atoms with van der Waals surface area (Å²) in [6.45, 7) is 0. The number of methoxy groups -OCH3 is 1. The van der Waals surface area contributed by atoms with E-state index in [1.54, 1.807) is 24.3 Å². The maximum Gasteiger partial charge on any atom is 0.248 e. The number of primary amides is 1. The second-order valence-corrected chi connectivity index (χ2v) is 2.94. The molecule has 0 heterocycles. The third kappa shape index (κ3) is 2.44. The minimum atomic E-state index is -0.542. The van der Waals surface area contributed by atoms with Gasteiger partial charge in [-0.15, -0.1) is 0 Å². The molecule has 0 aliphatic heterocycles. The molecule has 0 bridgehead atoms. The van der Waals surface area contributed by atoms with Crippen molar-refractivity contribution in [3.05, 3.63) is 35.4 Å². The zero-order valence-electron chi connectivity index (χ0n) is 7.16. The van der Waals surface area contributed by atoms with Crippen molar-refractivity contribution in [1.82, 2.24) is 0 Å². The minimum absolute atomic E-state index is 0.431. The third-order valence-electron chi connectivity index (χ3n) is 1.64. The van der Waals surface area contributed by atoms with Gasteiger partial charge in [0.05, 0.1) is 0 Å². The Morgan fingerprint density at radius 3 is 2.85 bits per heavy atom. The molecule has 0 radical (unpaired) electrons. The summed E-state index contributed by atoms with van der Waals surface area (Å²) in [6.07, 6.45) is 0. The van der Waals surface area contributed by atoms with Crippen LogP contribution in [0.25, 0.3) is 0 Å². The highest BCUT2D eigenvalue weighted by atomic mass is 35.5. The summed E-state index contributed by atoms with van der Waals surface area (Å²) >= 11 is 5.79. The molecule has 2 N–H and O–H groups in total. The van der Waals surface area contributed by atoms with Crippen molar-refractivity contribution in [2.24, 2.45) is 5.73 Å². The van der Waals surface area contributed by atoms with Crippen molar-refractivity contribution >= 4 is 17.5 Å². The lowest BCUT2D eigenvalue weighted by Crippen LogP contribution is -2.11. The molecule has 1 amide bonds. The first-order chi connectivity index (χ1) is 6.15. The van der Waals surface area contributed by atoms with Gasteiger partial charge in [0.2, 0.25) is 5.91 Å². The lowest BCUT2D eigenvalue weighted by atomic mass is 10.1. The van der Waals surface area contributed by atoms with Crippen molar-refractivity contribution < 1.29 is 9.53 Å². The Labute approximate surface area is 81.4 Å². The lowest BCUT2D eigenvalue weighted by Gasteiger charge is -2.07. The van der Waals surface area contributed by atoms with Gasteiger partial charge in [-0.05, 0) is 17.7 Å². The van der Waals surface area contributed by atoms with Gasteiger partial charge >= 0.3 is 0 Å². The topological polar surface area (TPSA) is 52.3 Å². The molecule has 4 heteroatoms. The van der Waals surface area contributed by atoms with E-state index in [9.17, 15) is 4.79 Å². The van der Waals surface area contributed by atoms with Gasteiger partial charge in [-0.3, -0.25) is 4.79 Å². The van der Waals surface area contributed by atoms with Crippen molar-refractivity contribution in [1.29, 1.82) is 0 Å². The van der Waals surface area contributed by atoms with E-state index in [1.165, 1.54) is 7.11 Å². The van der Waals surface area contributed by atoms with Gasteiger partial charge in [-0.2, -0.15) is 0 Å². The minimum Gasteiger partial charge on any atom is -0.366 e. The summed E-state index contributed by atoms with van der Waals surface area (Å²) < 4.78 is 4.88. The van der Waals surface area contributed by atoms with Crippen LogP contribution < -0.4 is 5.73 Å². The van der Waals surface area contributed by atoms with Crippen LogP contribution in [-0.2, 0) is 4.74 Å². The maximum atomic E-state index is 10.8. The van der Waals surface area contributed by atoms with Crippen LogP contribution in [0.15, 0.2) is 24.3 Å². The number of carbonyl (C=O) groups excluding carboxylic acids is 1. The van der Waals surface area contributed by atoms with Gasteiger partial charge in [0.1, 0.15) is 0 Å². The summed E-state index contributed by atoms with van der Waals surface area (Å²) in [5.74, 6) is -0.471. The fourth-order valence-electron chi connectivity index (χ4n) is 0.969. The molecule has 1 aromatic rings. The summed E-state index contributed by atoms with van der Waals surface area (Å²) in [6, 6.07) is 6.73. The molecule has 1 aromatic carbocycles. The van der Waals surface area contributed by atoms with Crippen molar-refractivity contribution in [3.8, 4) is 0 Å². The second kappa shape index (κ2) is 4.25. The van der Waals surface area contributed by atoms with E-state index >= 15 is 0 Å². The van der Waals surface area contributed by atoms with E-state index in [1.807, 2.05) is 0 Å². The molecule has 0 saturated heterocycles. The van der Waals surface area contributed by atoms with E-state index in [0.29, 0.717) is 5.56 Å². The SMILES string of the molecule is COC(Cl)c1cccc(C(N)=O)c1. The van der Waals surface area contributed by atoms with Crippen LogP contribution >= 0.6 is 11.6 Å². The molecule has 70 valence electrons. The van der Waals surface area contributed by atoms with Gasteiger partial charge in [0.15, 0.2) is 5.56 Å². The Morgan fingerprint density at radius 1 is 1.62 bits per heavy atom. The predicted octanol–water partition coefficient (Wildman–Crippen LogP) is 1.67. The zero-order valence-corrected chi connectivity index (χ0v) is 7.91. The molecule has 0 spiro atoms. The van der Waals surface area contributed by atoms with E-state index in [-0.39, 0.29) is 0 Å². The van der Waals surface area contributed by atoms with Crippen LogP contribution in [0.2, 0.25) is 0 Å². The monoisotopic (exact) mass is 199 g/mol. The molecule has 0 saturated carbocycles. The number of rotatable bonds is 3. The number of hydrogen-bond acceptors (Lipinski definition) is 2. The molecule has 0 aliphatic rings. The zero-order chi connectivity index (χ0) is 9.84. The number of halogens is 1. The van der Waals surface area contributed by atoms with Gasteiger partial charge in [0.25, 0.3) is 0 Å². The lowest BCUT2D eigenvalue weighted by molar-refractivity contribution is 0.1000. The summed E-state index contributed by atoms with van der Waals surface area (Å²) in [5.41, 5.74) is 5.71. The molecule has 1 unspecified atom stereocenters. The molecular weight excluding hydrogens is 190 g/mol. The van der Waals surface area contributed by atoms with E-state index in [4.69, 9.17) is 22.1 Å². The normalized spacial score (nSPS) is 12.5. The molecule has 1 atom stereocenters. The average molecular weight is 200 g/mol. The van der Waals surface area contributed by atoms with Crippen LogP contribution in [-0.4, -0.2) is 13.0 Å². The molecule has 13 heavy (non-hydrogen) atoms. The number of nitrogens with two attached hydrogens (primary N) is 1. The molecular formula is C9H10ClNO2. The van der Waals surface area contributed by atoms with Gasteiger partial charge in [-0.1, -0.05) is 23.7 Å². The number of carbonyl (C=O) groups is 1. The van der Waals surface area contributed by atoms with Crippen LogP contribution in [0.5, 0.6) is 0 Å². The number of ether oxygens (including phenoxy) is 1. The van der Waals surface area contributed by atoms with Crippen molar-refractivity contribution in [2.45, 2.75) is 5.56 Å². The van der Waals surface area contributed by atoms with Crippen molar-refractivity contribution in [2.75, 3.05) is 7.11 Å². The molecule has 0 aromatic heterocycles. The van der Waals surface area contributed by atoms with Crippen LogP contribution in [0.4, 0.5) is 0 Å². The Bertz CT molecular complexity index is 314. The predicted molar refractivity (Wildman–Crippen MR) is 50.6 cm³/mol. The van der Waals surface area contributed by atoms with Crippen molar-refractivity contribution in [3.63, 3.8) is 0 Å². The molecule has 0 fully saturated rings. The first-order valence-electron chi connectivity index (χ1n) is 3.72. The Hall–Kier alpha value is -1.06. The highest BCUT2D eigenvalue weighted by Gasteiger charge is 2.07. The molecule has 0 aliphatic carbocycles. The molecule has 1 rings (SSSR count). The van der Waals surface area contributed by atoms with Crippen LogP contribution in [0.3, 0.4) is 0 Å². The third-order valence-corrected chi connectivity index (χ3v) is 2.07. The fourth-order valence-corrected chi connectivity index (χ4v) is 1.10. The second-order valence-electron chi connectivity index (χ2n) is 2.54. The van der Waals surface area contributed by atoms with E-state index in [2.05, 4.69) is 0 Å². The summed E-state index contributed by atoms with van der Waals surface area (Å²) in [4.78, 5) is 10.8. The highest BCUT2D eigenvalue weighted by molar-refractivity contribution is 6.20. The Morgan fingerprint density at radius 2 is 2.31 bits per heavy atom. The van der Waals surface area contributed by atoms with Gasteiger partial charge in [0, 0.05) is 12.7 Å². The Balaban J connectivity index is 2.98.